The number of nitrogens with two attached hydrogens (primary N) is 1. The van der Waals surface area contributed by atoms with E-state index in [1.807, 2.05) is 36.4 Å². The van der Waals surface area contributed by atoms with Gasteiger partial charge >= 0.3 is 0 Å². The lowest BCUT2D eigenvalue weighted by atomic mass is 10.1. The summed E-state index contributed by atoms with van der Waals surface area (Å²) in [5.41, 5.74) is 7.79. The smallest absolute Gasteiger partial charge is 0.125 e. The predicted molar refractivity (Wildman–Crippen MR) is 73.7 cm³/mol. The van der Waals surface area contributed by atoms with Crippen LogP contribution in [0.5, 0.6) is 5.75 Å². The van der Waals surface area contributed by atoms with Gasteiger partial charge in [0.2, 0.25) is 0 Å². The van der Waals surface area contributed by atoms with Gasteiger partial charge in [-0.25, -0.2) is 4.98 Å². The summed E-state index contributed by atoms with van der Waals surface area (Å²) in [5, 5.41) is 3.38. The summed E-state index contributed by atoms with van der Waals surface area (Å²) in [6.45, 7) is 2.10. The second kappa shape index (κ2) is 5.40. The second-order valence-corrected chi connectivity index (χ2v) is 4.11. The van der Waals surface area contributed by atoms with Crippen molar-refractivity contribution >= 4 is 11.5 Å². The van der Waals surface area contributed by atoms with E-state index in [9.17, 15) is 0 Å². The summed E-state index contributed by atoms with van der Waals surface area (Å²) in [6.07, 6.45) is 1.69. The third kappa shape index (κ3) is 2.91. The van der Waals surface area contributed by atoms with Crippen molar-refractivity contribution in [1.29, 1.82) is 0 Å². The molecule has 94 valence electrons. The maximum atomic E-state index is 5.64. The van der Waals surface area contributed by atoms with E-state index < -0.39 is 0 Å². The first-order valence-corrected chi connectivity index (χ1v) is 5.81. The number of aromatic nitrogens is 1. The Balaban J connectivity index is 2.09. The maximum Gasteiger partial charge on any atom is 0.125 e. The topological polar surface area (TPSA) is 60.2 Å². The summed E-state index contributed by atoms with van der Waals surface area (Å²) in [7, 11) is 1.66. The highest BCUT2D eigenvalue weighted by molar-refractivity contribution is 5.51. The number of anilines is 2. The second-order valence-electron chi connectivity index (χ2n) is 4.11. The van der Waals surface area contributed by atoms with Gasteiger partial charge in [0.1, 0.15) is 11.6 Å². The van der Waals surface area contributed by atoms with Crippen LogP contribution in [-0.4, -0.2) is 12.1 Å². The Morgan fingerprint density at radius 1 is 1.22 bits per heavy atom. The number of nitrogen functional groups attached to an aromatic ring is 1. The number of nitrogens with zero attached hydrogens (tertiary/aromatic N) is 1. The van der Waals surface area contributed by atoms with Crippen molar-refractivity contribution in [3.8, 4) is 5.75 Å². The van der Waals surface area contributed by atoms with Crippen molar-refractivity contribution in [3.63, 3.8) is 0 Å². The monoisotopic (exact) mass is 243 g/mol. The molecule has 1 heterocycles. The molecular weight excluding hydrogens is 226 g/mol. The Morgan fingerprint density at radius 3 is 2.56 bits per heavy atom. The lowest BCUT2D eigenvalue weighted by Crippen LogP contribution is -2.07. The van der Waals surface area contributed by atoms with Gasteiger partial charge in [-0.2, -0.15) is 0 Å². The number of hydrogen-bond donors (Lipinski definition) is 2. The Hall–Kier alpha value is -2.23. The van der Waals surface area contributed by atoms with Crippen LogP contribution in [-0.2, 0) is 0 Å². The molecular formula is C14H17N3O. The molecule has 18 heavy (non-hydrogen) atoms. The molecule has 2 rings (SSSR count). The molecule has 0 spiro atoms. The van der Waals surface area contributed by atoms with Crippen LogP contribution in [0.15, 0.2) is 42.6 Å². The van der Waals surface area contributed by atoms with Crippen molar-refractivity contribution in [2.45, 2.75) is 13.0 Å². The van der Waals surface area contributed by atoms with E-state index in [-0.39, 0.29) is 6.04 Å². The predicted octanol–water partition coefficient (Wildman–Crippen LogP) is 2.85. The van der Waals surface area contributed by atoms with E-state index in [0.717, 1.165) is 11.4 Å². The first-order chi connectivity index (χ1) is 8.69. The van der Waals surface area contributed by atoms with E-state index in [1.54, 1.807) is 13.3 Å². The maximum absolute atomic E-state index is 5.64. The molecule has 0 aliphatic carbocycles. The van der Waals surface area contributed by atoms with Crippen LogP contribution in [0.1, 0.15) is 18.5 Å². The van der Waals surface area contributed by atoms with Crippen molar-refractivity contribution in [1.82, 2.24) is 4.98 Å². The summed E-state index contributed by atoms with van der Waals surface area (Å²) in [4.78, 5) is 3.96. The molecule has 0 radical (unpaired) electrons. The molecule has 1 atom stereocenters. The normalized spacial score (nSPS) is 11.9. The average molecular weight is 243 g/mol. The van der Waals surface area contributed by atoms with Crippen LogP contribution in [0.25, 0.3) is 0 Å². The summed E-state index contributed by atoms with van der Waals surface area (Å²) in [5.74, 6) is 1.38. The number of rotatable bonds is 4. The largest absolute Gasteiger partial charge is 0.497 e. The molecule has 1 aromatic carbocycles. The minimum absolute atomic E-state index is 0.192. The standard InChI is InChI=1S/C14H17N3O/c1-10(11-3-5-13(18-2)6-4-11)17-12-7-8-16-14(15)9-12/h3-10H,1-2H3,(H3,15,16,17). The number of pyridine rings is 1. The summed E-state index contributed by atoms with van der Waals surface area (Å²) < 4.78 is 5.14. The molecule has 0 amide bonds. The molecule has 0 saturated carbocycles. The van der Waals surface area contributed by atoms with Crippen molar-refractivity contribution in [2.24, 2.45) is 0 Å². The van der Waals surface area contributed by atoms with Gasteiger partial charge < -0.3 is 15.8 Å². The first-order valence-electron chi connectivity index (χ1n) is 5.81. The van der Waals surface area contributed by atoms with Gasteiger partial charge in [-0.05, 0) is 30.7 Å². The van der Waals surface area contributed by atoms with Gasteiger partial charge in [0.05, 0.1) is 7.11 Å². The van der Waals surface area contributed by atoms with Crippen molar-refractivity contribution in [3.05, 3.63) is 48.2 Å². The lowest BCUT2D eigenvalue weighted by molar-refractivity contribution is 0.414. The Morgan fingerprint density at radius 2 is 1.94 bits per heavy atom. The molecule has 0 bridgehead atoms. The third-order valence-corrected chi connectivity index (χ3v) is 2.78. The minimum Gasteiger partial charge on any atom is -0.497 e. The Kier molecular flexibility index (Phi) is 3.67. The molecule has 0 saturated heterocycles. The zero-order chi connectivity index (χ0) is 13.0. The SMILES string of the molecule is COc1ccc(C(C)Nc2ccnc(N)c2)cc1. The van der Waals surface area contributed by atoms with Crippen LogP contribution in [0.4, 0.5) is 11.5 Å². The number of ether oxygens (including phenoxy) is 1. The van der Waals surface area contributed by atoms with E-state index in [0.29, 0.717) is 5.82 Å². The van der Waals surface area contributed by atoms with Gasteiger partial charge in [0.25, 0.3) is 0 Å². The summed E-state index contributed by atoms with van der Waals surface area (Å²) >= 11 is 0. The molecule has 0 aliphatic rings. The zero-order valence-electron chi connectivity index (χ0n) is 10.6. The van der Waals surface area contributed by atoms with Gasteiger partial charge in [0, 0.05) is 24.0 Å². The van der Waals surface area contributed by atoms with Crippen molar-refractivity contribution < 1.29 is 4.74 Å². The lowest BCUT2D eigenvalue weighted by Gasteiger charge is -2.16. The van der Waals surface area contributed by atoms with Crippen LogP contribution in [0.3, 0.4) is 0 Å². The fourth-order valence-electron chi connectivity index (χ4n) is 1.76. The molecule has 0 aliphatic heterocycles. The number of methoxy groups -OCH3 is 1. The fraction of sp³-hybridized carbons (Fsp3) is 0.214. The molecule has 4 nitrogen and oxygen atoms in total. The number of hydrogen-bond acceptors (Lipinski definition) is 4. The van der Waals surface area contributed by atoms with Crippen LogP contribution in [0, 0.1) is 0 Å². The highest BCUT2D eigenvalue weighted by atomic mass is 16.5. The fourth-order valence-corrected chi connectivity index (χ4v) is 1.76. The first kappa shape index (κ1) is 12.2. The van der Waals surface area contributed by atoms with E-state index >= 15 is 0 Å². The molecule has 1 aromatic heterocycles. The van der Waals surface area contributed by atoms with E-state index in [4.69, 9.17) is 10.5 Å². The van der Waals surface area contributed by atoms with Crippen molar-refractivity contribution in [2.75, 3.05) is 18.2 Å². The van der Waals surface area contributed by atoms with Gasteiger partial charge in [0.15, 0.2) is 0 Å². The molecule has 3 N–H and O–H groups in total. The van der Waals surface area contributed by atoms with Crippen LogP contribution < -0.4 is 15.8 Å². The quantitative estimate of drug-likeness (QED) is 0.866. The molecule has 1 unspecified atom stereocenters. The minimum atomic E-state index is 0.192. The van der Waals surface area contributed by atoms with E-state index in [2.05, 4.69) is 17.2 Å². The van der Waals surface area contributed by atoms with Gasteiger partial charge in [-0.15, -0.1) is 0 Å². The highest BCUT2D eigenvalue weighted by Crippen LogP contribution is 2.21. The molecule has 4 heteroatoms. The highest BCUT2D eigenvalue weighted by Gasteiger charge is 2.05. The Bertz CT molecular complexity index is 511. The van der Waals surface area contributed by atoms with Gasteiger partial charge in [-0.3, -0.25) is 0 Å². The third-order valence-electron chi connectivity index (χ3n) is 2.78. The van der Waals surface area contributed by atoms with Crippen LogP contribution in [0.2, 0.25) is 0 Å². The van der Waals surface area contributed by atoms with Gasteiger partial charge in [-0.1, -0.05) is 12.1 Å². The number of nitrogens with one attached hydrogen (secondary N) is 1. The molecule has 2 aromatic rings. The number of benzene rings is 1. The Labute approximate surface area is 107 Å². The zero-order valence-corrected chi connectivity index (χ0v) is 10.6. The summed E-state index contributed by atoms with van der Waals surface area (Å²) in [6, 6.07) is 11.9. The average Bonchev–Trinajstić information content (AvgIpc) is 2.39. The molecule has 0 fully saturated rings. The van der Waals surface area contributed by atoms with Crippen LogP contribution >= 0.6 is 0 Å². The van der Waals surface area contributed by atoms with E-state index in [1.165, 1.54) is 5.56 Å².